The van der Waals surface area contributed by atoms with Gasteiger partial charge in [0.15, 0.2) is 0 Å². The third-order valence-electron chi connectivity index (χ3n) is 2.39. The van der Waals surface area contributed by atoms with Gasteiger partial charge in [0.1, 0.15) is 0 Å². The number of carbonyl (C=O) groups excluding carboxylic acids is 1. The van der Waals surface area contributed by atoms with Gasteiger partial charge in [-0.15, -0.1) is 11.3 Å². The zero-order chi connectivity index (χ0) is 12.8. The Labute approximate surface area is 104 Å². The van der Waals surface area contributed by atoms with Crippen molar-refractivity contribution in [3.8, 4) is 0 Å². The molecular formula is C11H16N2O3S. The van der Waals surface area contributed by atoms with Gasteiger partial charge in [-0.05, 0) is 23.4 Å². The second-order valence-corrected chi connectivity index (χ2v) is 4.62. The third kappa shape index (κ3) is 3.83. The minimum atomic E-state index is -0.843. The van der Waals surface area contributed by atoms with E-state index in [9.17, 15) is 9.59 Å². The molecule has 3 N–H and O–H groups in total. The number of hydrogen-bond donors (Lipinski definition) is 2. The summed E-state index contributed by atoms with van der Waals surface area (Å²) in [6, 6.07) is 1.84. The van der Waals surface area contributed by atoms with Gasteiger partial charge in [-0.25, -0.2) is 0 Å². The SMILES string of the molecule is CN(CCCC(=O)O)C(=O)c1sccc1CN. The van der Waals surface area contributed by atoms with E-state index in [0.29, 0.717) is 24.4 Å². The number of rotatable bonds is 6. The van der Waals surface area contributed by atoms with E-state index in [-0.39, 0.29) is 12.3 Å². The van der Waals surface area contributed by atoms with Crippen LogP contribution in [0, 0.1) is 0 Å². The molecule has 0 aliphatic rings. The number of carboxylic acid groups (broad SMARTS) is 1. The van der Waals surface area contributed by atoms with Gasteiger partial charge in [0, 0.05) is 26.6 Å². The fourth-order valence-corrected chi connectivity index (χ4v) is 2.35. The Morgan fingerprint density at radius 2 is 2.24 bits per heavy atom. The van der Waals surface area contributed by atoms with Crippen molar-refractivity contribution in [3.63, 3.8) is 0 Å². The van der Waals surface area contributed by atoms with Crippen LogP contribution in [-0.2, 0) is 11.3 Å². The summed E-state index contributed by atoms with van der Waals surface area (Å²) < 4.78 is 0. The van der Waals surface area contributed by atoms with E-state index in [2.05, 4.69) is 0 Å². The maximum Gasteiger partial charge on any atom is 0.303 e. The van der Waals surface area contributed by atoms with Gasteiger partial charge in [0.25, 0.3) is 5.91 Å². The maximum atomic E-state index is 12.0. The Kier molecular flexibility index (Phi) is 5.11. The van der Waals surface area contributed by atoms with E-state index in [0.717, 1.165) is 5.56 Å². The average Bonchev–Trinajstić information content (AvgIpc) is 2.75. The number of carboxylic acids is 1. The summed E-state index contributed by atoms with van der Waals surface area (Å²) in [4.78, 5) is 24.5. The van der Waals surface area contributed by atoms with Crippen molar-refractivity contribution in [2.75, 3.05) is 13.6 Å². The van der Waals surface area contributed by atoms with Crippen LogP contribution in [0.2, 0.25) is 0 Å². The van der Waals surface area contributed by atoms with Gasteiger partial charge in [0.05, 0.1) is 4.88 Å². The molecule has 0 saturated heterocycles. The van der Waals surface area contributed by atoms with Crippen LogP contribution in [0.1, 0.15) is 28.1 Å². The summed E-state index contributed by atoms with van der Waals surface area (Å²) in [6.45, 7) is 0.778. The topological polar surface area (TPSA) is 83.6 Å². The Morgan fingerprint density at radius 1 is 1.53 bits per heavy atom. The maximum absolute atomic E-state index is 12.0. The molecule has 1 aromatic heterocycles. The summed E-state index contributed by atoms with van der Waals surface area (Å²) in [5.74, 6) is -0.935. The zero-order valence-corrected chi connectivity index (χ0v) is 10.5. The summed E-state index contributed by atoms with van der Waals surface area (Å²) in [5.41, 5.74) is 6.37. The summed E-state index contributed by atoms with van der Waals surface area (Å²) in [5, 5.41) is 10.3. The van der Waals surface area contributed by atoms with E-state index in [1.807, 2.05) is 11.4 Å². The van der Waals surface area contributed by atoms with Crippen LogP contribution in [0.4, 0.5) is 0 Å². The number of amides is 1. The molecule has 17 heavy (non-hydrogen) atoms. The van der Waals surface area contributed by atoms with Crippen molar-refractivity contribution in [2.45, 2.75) is 19.4 Å². The lowest BCUT2D eigenvalue weighted by atomic mass is 10.2. The largest absolute Gasteiger partial charge is 0.481 e. The Balaban J connectivity index is 2.54. The van der Waals surface area contributed by atoms with Crippen molar-refractivity contribution in [1.82, 2.24) is 4.90 Å². The summed E-state index contributed by atoms with van der Waals surface area (Å²) >= 11 is 1.36. The smallest absolute Gasteiger partial charge is 0.303 e. The lowest BCUT2D eigenvalue weighted by Gasteiger charge is -2.16. The highest BCUT2D eigenvalue weighted by atomic mass is 32.1. The van der Waals surface area contributed by atoms with Crippen LogP contribution < -0.4 is 5.73 Å². The molecule has 94 valence electrons. The predicted octanol–water partition coefficient (Wildman–Crippen LogP) is 1.14. The molecule has 6 heteroatoms. The van der Waals surface area contributed by atoms with Gasteiger partial charge in [0.2, 0.25) is 0 Å². The molecule has 0 aliphatic carbocycles. The molecule has 0 aromatic carbocycles. The van der Waals surface area contributed by atoms with E-state index in [4.69, 9.17) is 10.8 Å². The lowest BCUT2D eigenvalue weighted by molar-refractivity contribution is -0.137. The Bertz CT molecular complexity index is 403. The number of nitrogens with zero attached hydrogens (tertiary/aromatic N) is 1. The molecule has 0 bridgehead atoms. The van der Waals surface area contributed by atoms with Crippen molar-refractivity contribution in [1.29, 1.82) is 0 Å². The minimum Gasteiger partial charge on any atom is -0.481 e. The standard InChI is InChI=1S/C11H16N2O3S/c1-13(5-2-3-9(14)15)11(16)10-8(7-12)4-6-17-10/h4,6H,2-3,5,7,12H2,1H3,(H,14,15). The van der Waals surface area contributed by atoms with Crippen LogP contribution >= 0.6 is 11.3 Å². The number of carbonyl (C=O) groups is 2. The van der Waals surface area contributed by atoms with Gasteiger partial charge >= 0.3 is 5.97 Å². The van der Waals surface area contributed by atoms with Crippen LogP contribution in [-0.4, -0.2) is 35.5 Å². The van der Waals surface area contributed by atoms with Gasteiger partial charge in [-0.3, -0.25) is 9.59 Å². The number of hydrogen-bond acceptors (Lipinski definition) is 4. The molecule has 0 radical (unpaired) electrons. The van der Waals surface area contributed by atoms with Crippen molar-refractivity contribution in [2.24, 2.45) is 5.73 Å². The van der Waals surface area contributed by atoms with Crippen LogP contribution in [0.5, 0.6) is 0 Å². The second-order valence-electron chi connectivity index (χ2n) is 3.70. The van der Waals surface area contributed by atoms with E-state index in [1.54, 1.807) is 7.05 Å². The molecule has 1 aromatic rings. The highest BCUT2D eigenvalue weighted by Crippen LogP contribution is 2.18. The molecular weight excluding hydrogens is 240 g/mol. The number of aliphatic carboxylic acids is 1. The monoisotopic (exact) mass is 256 g/mol. The molecule has 1 rings (SSSR count). The Hall–Kier alpha value is -1.40. The third-order valence-corrected chi connectivity index (χ3v) is 3.34. The number of nitrogens with two attached hydrogens (primary N) is 1. The van der Waals surface area contributed by atoms with E-state index in [1.165, 1.54) is 16.2 Å². The first-order valence-corrected chi connectivity index (χ1v) is 6.18. The van der Waals surface area contributed by atoms with Crippen molar-refractivity contribution >= 4 is 23.2 Å². The summed E-state index contributed by atoms with van der Waals surface area (Å²) in [7, 11) is 1.67. The Morgan fingerprint density at radius 3 is 2.82 bits per heavy atom. The molecule has 5 nitrogen and oxygen atoms in total. The first-order chi connectivity index (χ1) is 8.06. The van der Waals surface area contributed by atoms with Gasteiger partial charge in [-0.2, -0.15) is 0 Å². The second kappa shape index (κ2) is 6.36. The van der Waals surface area contributed by atoms with Crippen LogP contribution in [0.15, 0.2) is 11.4 Å². The predicted molar refractivity (Wildman–Crippen MR) is 66.0 cm³/mol. The van der Waals surface area contributed by atoms with Crippen LogP contribution in [0.25, 0.3) is 0 Å². The fraction of sp³-hybridized carbons (Fsp3) is 0.455. The molecule has 1 amide bonds. The lowest BCUT2D eigenvalue weighted by Crippen LogP contribution is -2.28. The average molecular weight is 256 g/mol. The highest BCUT2D eigenvalue weighted by molar-refractivity contribution is 7.12. The van der Waals surface area contributed by atoms with Crippen molar-refractivity contribution in [3.05, 3.63) is 21.9 Å². The fourth-order valence-electron chi connectivity index (χ4n) is 1.43. The normalized spacial score (nSPS) is 10.2. The molecule has 0 saturated carbocycles. The molecule has 0 unspecified atom stereocenters. The first kappa shape index (κ1) is 13.7. The van der Waals surface area contributed by atoms with Gasteiger partial charge in [-0.1, -0.05) is 0 Å². The van der Waals surface area contributed by atoms with Crippen molar-refractivity contribution < 1.29 is 14.7 Å². The quantitative estimate of drug-likeness (QED) is 0.799. The van der Waals surface area contributed by atoms with Crippen LogP contribution in [0.3, 0.4) is 0 Å². The molecule has 0 spiro atoms. The van der Waals surface area contributed by atoms with E-state index >= 15 is 0 Å². The minimum absolute atomic E-state index is 0.0752. The first-order valence-electron chi connectivity index (χ1n) is 5.30. The van der Waals surface area contributed by atoms with E-state index < -0.39 is 5.97 Å². The van der Waals surface area contributed by atoms with Gasteiger partial charge < -0.3 is 15.7 Å². The molecule has 0 fully saturated rings. The summed E-state index contributed by atoms with van der Waals surface area (Å²) in [6.07, 6.45) is 0.534. The zero-order valence-electron chi connectivity index (χ0n) is 9.68. The molecule has 0 atom stereocenters. The molecule has 1 heterocycles. The highest BCUT2D eigenvalue weighted by Gasteiger charge is 2.16. The number of thiophene rings is 1. The molecule has 0 aliphatic heterocycles.